The van der Waals surface area contributed by atoms with Gasteiger partial charge in [-0.25, -0.2) is 10.4 Å². The minimum absolute atomic E-state index is 0.670. The molecular weight excluding hydrogens is 200 g/mol. The second kappa shape index (κ2) is 3.67. The fraction of sp³-hybridized carbons (Fsp3) is 1.00. The molecule has 0 amide bonds. The molecule has 2 heterocycles. The van der Waals surface area contributed by atoms with Crippen LogP contribution in [-0.2, 0) is 0 Å². The van der Waals surface area contributed by atoms with Gasteiger partial charge in [-0.3, -0.25) is 0 Å². The maximum Gasteiger partial charge on any atom is 0.0458 e. The van der Waals surface area contributed by atoms with Crippen LogP contribution < -0.4 is 16.5 Å². The Balaban J connectivity index is 1.67. The maximum atomic E-state index is 3.44. The molecule has 2 aliphatic heterocycles. The highest BCUT2D eigenvalue weighted by molar-refractivity contribution is 5.03. The van der Waals surface area contributed by atoms with Gasteiger partial charge in [-0.15, -0.1) is 0 Å². The van der Waals surface area contributed by atoms with E-state index in [1.165, 1.54) is 45.1 Å². The highest BCUT2D eigenvalue weighted by atomic mass is 15.8. The fourth-order valence-corrected chi connectivity index (χ4v) is 4.84. The Morgan fingerprint density at radius 2 is 1.81 bits per heavy atom. The molecule has 90 valence electrons. The van der Waals surface area contributed by atoms with Crippen molar-refractivity contribution in [2.75, 3.05) is 6.54 Å². The quantitative estimate of drug-likeness (QED) is 0.566. The molecule has 16 heavy (non-hydrogen) atoms. The molecule has 2 saturated heterocycles. The first-order valence-corrected chi connectivity index (χ1v) is 6.96. The molecule has 0 aromatic rings. The van der Waals surface area contributed by atoms with Crippen molar-refractivity contribution in [1.29, 1.82) is 0 Å². The highest BCUT2D eigenvalue weighted by Crippen LogP contribution is 2.48. The molecule has 4 heteroatoms. The second-order valence-corrected chi connectivity index (χ2v) is 6.07. The lowest BCUT2D eigenvalue weighted by Crippen LogP contribution is -2.75. The summed E-state index contributed by atoms with van der Waals surface area (Å²) in [5.41, 5.74) is 9.88. The molecule has 4 nitrogen and oxygen atoms in total. The molecule has 3 N–H and O–H groups in total. The molecule has 0 spiro atoms. The Bertz CT molecular complexity index is 230. The lowest BCUT2D eigenvalue weighted by molar-refractivity contribution is -0.118. The van der Waals surface area contributed by atoms with E-state index in [1.807, 2.05) is 0 Å². The van der Waals surface area contributed by atoms with E-state index < -0.39 is 0 Å². The maximum absolute atomic E-state index is 3.44. The fourth-order valence-electron chi connectivity index (χ4n) is 4.84. The molecule has 0 bridgehead atoms. The van der Waals surface area contributed by atoms with Gasteiger partial charge >= 0.3 is 0 Å². The summed E-state index contributed by atoms with van der Waals surface area (Å²) in [6.45, 7) is 1.23. The number of hydrazine groups is 3. The lowest BCUT2D eigenvalue weighted by atomic mass is 9.59. The smallest absolute Gasteiger partial charge is 0.0458 e. The minimum Gasteiger partial charge on any atom is -0.238 e. The summed E-state index contributed by atoms with van der Waals surface area (Å²) >= 11 is 0. The lowest BCUT2D eigenvalue weighted by Gasteiger charge is -2.58. The molecule has 4 rings (SSSR count). The van der Waals surface area contributed by atoms with Crippen LogP contribution in [0.15, 0.2) is 0 Å². The van der Waals surface area contributed by atoms with Crippen molar-refractivity contribution in [2.45, 2.75) is 50.6 Å². The number of rotatable bonds is 0. The van der Waals surface area contributed by atoms with Gasteiger partial charge in [0, 0.05) is 18.6 Å². The predicted octanol–water partition coefficient (Wildman–Crippen LogP) is 0.783. The molecule has 0 aromatic heterocycles. The SMILES string of the molecule is C1CC2CC[C@@H]3NNNN4CCC(C1)C2[C@H]34. The molecule has 4 aliphatic rings. The van der Waals surface area contributed by atoms with Crippen LogP contribution in [0.4, 0.5) is 0 Å². The summed E-state index contributed by atoms with van der Waals surface area (Å²) < 4.78 is 0. The molecule has 5 atom stereocenters. The van der Waals surface area contributed by atoms with Crippen molar-refractivity contribution in [1.82, 2.24) is 21.5 Å². The average Bonchev–Trinajstić information content (AvgIpc) is 2.36. The number of piperidine rings is 1. The number of hydrogen-bond donors (Lipinski definition) is 3. The number of nitrogens with zero attached hydrogens (tertiary/aromatic N) is 1. The normalized spacial score (nSPS) is 52.1. The van der Waals surface area contributed by atoms with Gasteiger partial charge < -0.3 is 0 Å². The summed E-state index contributed by atoms with van der Waals surface area (Å²) in [6, 6.07) is 1.42. The zero-order valence-electron chi connectivity index (χ0n) is 9.78. The molecule has 0 aromatic carbocycles. The van der Waals surface area contributed by atoms with Crippen LogP contribution in [-0.4, -0.2) is 23.6 Å². The van der Waals surface area contributed by atoms with Crippen LogP contribution in [0.5, 0.6) is 0 Å². The van der Waals surface area contributed by atoms with Crippen molar-refractivity contribution >= 4 is 0 Å². The Labute approximate surface area is 97.1 Å². The number of hydrogen-bond acceptors (Lipinski definition) is 4. The van der Waals surface area contributed by atoms with Crippen molar-refractivity contribution < 1.29 is 0 Å². The predicted molar refractivity (Wildman–Crippen MR) is 61.9 cm³/mol. The minimum atomic E-state index is 0.670. The van der Waals surface area contributed by atoms with Gasteiger partial charge in [-0.2, -0.15) is 11.1 Å². The van der Waals surface area contributed by atoms with Crippen molar-refractivity contribution in [3.8, 4) is 0 Å². The van der Waals surface area contributed by atoms with Crippen LogP contribution in [0.2, 0.25) is 0 Å². The van der Waals surface area contributed by atoms with Crippen LogP contribution in [0, 0.1) is 17.8 Å². The third kappa shape index (κ3) is 1.30. The van der Waals surface area contributed by atoms with Gasteiger partial charge in [0.25, 0.3) is 0 Å². The van der Waals surface area contributed by atoms with Crippen molar-refractivity contribution in [2.24, 2.45) is 17.8 Å². The zero-order valence-corrected chi connectivity index (χ0v) is 9.78. The Morgan fingerprint density at radius 3 is 2.75 bits per heavy atom. The first kappa shape index (κ1) is 9.83. The standard InChI is InChI=1S/C12H22N4/c1-2-8-4-5-10-12-11(8)9(3-1)6-7-16(12)15-14-13-10/h8-15H,1-7H2/t8?,9?,10-,11?,12-/m0/s1. The van der Waals surface area contributed by atoms with Gasteiger partial charge in [-0.1, -0.05) is 19.3 Å². The molecule has 0 radical (unpaired) electrons. The van der Waals surface area contributed by atoms with E-state index in [2.05, 4.69) is 21.5 Å². The molecule has 2 aliphatic carbocycles. The van der Waals surface area contributed by atoms with Gasteiger partial charge in [0.2, 0.25) is 0 Å². The summed E-state index contributed by atoms with van der Waals surface area (Å²) in [6.07, 6.45) is 8.67. The van der Waals surface area contributed by atoms with E-state index in [1.54, 1.807) is 0 Å². The number of nitrogens with one attached hydrogen (secondary N) is 3. The van der Waals surface area contributed by atoms with Gasteiger partial charge in [0.05, 0.1) is 0 Å². The average molecular weight is 222 g/mol. The van der Waals surface area contributed by atoms with Gasteiger partial charge in [-0.05, 0) is 37.0 Å². The molecule has 3 unspecified atom stereocenters. The third-order valence-electron chi connectivity index (χ3n) is 5.45. The monoisotopic (exact) mass is 222 g/mol. The Kier molecular flexibility index (Phi) is 2.25. The van der Waals surface area contributed by atoms with Crippen LogP contribution in [0.1, 0.15) is 38.5 Å². The van der Waals surface area contributed by atoms with E-state index in [-0.39, 0.29) is 0 Å². The third-order valence-corrected chi connectivity index (χ3v) is 5.45. The molecule has 2 saturated carbocycles. The summed E-state index contributed by atoms with van der Waals surface area (Å²) in [5, 5.41) is 2.47. The zero-order chi connectivity index (χ0) is 10.5. The van der Waals surface area contributed by atoms with E-state index in [0.29, 0.717) is 6.04 Å². The van der Waals surface area contributed by atoms with E-state index in [4.69, 9.17) is 0 Å². The Hall–Kier alpha value is -0.160. The first-order chi connectivity index (χ1) is 7.93. The summed E-state index contributed by atoms with van der Waals surface area (Å²) in [7, 11) is 0. The molecule has 4 fully saturated rings. The second-order valence-electron chi connectivity index (χ2n) is 6.07. The van der Waals surface area contributed by atoms with Crippen LogP contribution in [0.3, 0.4) is 0 Å². The van der Waals surface area contributed by atoms with Gasteiger partial charge in [0.15, 0.2) is 0 Å². The highest BCUT2D eigenvalue weighted by Gasteiger charge is 2.50. The van der Waals surface area contributed by atoms with E-state index in [9.17, 15) is 0 Å². The summed E-state index contributed by atoms with van der Waals surface area (Å²) in [4.78, 5) is 0. The van der Waals surface area contributed by atoms with Crippen LogP contribution in [0.25, 0.3) is 0 Å². The van der Waals surface area contributed by atoms with E-state index in [0.717, 1.165) is 23.8 Å². The topological polar surface area (TPSA) is 39.3 Å². The molecular formula is C12H22N4. The van der Waals surface area contributed by atoms with Crippen LogP contribution >= 0.6 is 0 Å². The van der Waals surface area contributed by atoms with E-state index >= 15 is 0 Å². The largest absolute Gasteiger partial charge is 0.238 e. The van der Waals surface area contributed by atoms with Crippen molar-refractivity contribution in [3.05, 3.63) is 0 Å². The Morgan fingerprint density at radius 1 is 0.938 bits per heavy atom. The first-order valence-electron chi connectivity index (χ1n) is 6.96. The van der Waals surface area contributed by atoms with Gasteiger partial charge in [0.1, 0.15) is 0 Å². The summed E-state index contributed by atoms with van der Waals surface area (Å²) in [5.74, 6) is 3.00. The van der Waals surface area contributed by atoms with Crippen molar-refractivity contribution in [3.63, 3.8) is 0 Å².